The third-order valence-electron chi connectivity index (χ3n) is 4.13. The number of nitrogens with two attached hydrogens (primary N) is 1. The van der Waals surface area contributed by atoms with E-state index in [1.165, 1.54) is 6.26 Å². The number of hydrogen-bond acceptors (Lipinski definition) is 5. The van der Waals surface area contributed by atoms with E-state index in [0.717, 1.165) is 17.1 Å². The second-order valence-electron chi connectivity index (χ2n) is 6.43. The zero-order valence-corrected chi connectivity index (χ0v) is 13.9. The van der Waals surface area contributed by atoms with Gasteiger partial charge in [0, 0.05) is 12.0 Å². The van der Waals surface area contributed by atoms with Crippen LogP contribution in [0.2, 0.25) is 0 Å². The Bertz CT molecular complexity index is 736. The molecule has 128 valence electrons. The number of benzene rings is 1. The van der Waals surface area contributed by atoms with Crippen LogP contribution in [-0.4, -0.2) is 25.7 Å². The Balaban J connectivity index is 1.68. The largest absolute Gasteiger partial charge is 0.486 e. The lowest BCUT2D eigenvalue weighted by Gasteiger charge is -2.27. The lowest BCUT2D eigenvalue weighted by Crippen LogP contribution is -2.36. The van der Waals surface area contributed by atoms with Crippen LogP contribution >= 0.6 is 0 Å². The van der Waals surface area contributed by atoms with Crippen molar-refractivity contribution in [3.8, 4) is 11.5 Å². The molecule has 0 saturated carbocycles. The smallest absolute Gasteiger partial charge is 0.254 e. The molecule has 3 N–H and O–H groups in total. The van der Waals surface area contributed by atoms with Gasteiger partial charge in [-0.2, -0.15) is 0 Å². The number of furan rings is 1. The summed E-state index contributed by atoms with van der Waals surface area (Å²) in [5.41, 5.74) is 6.78. The normalized spacial score (nSPS) is 13.6. The van der Waals surface area contributed by atoms with Crippen molar-refractivity contribution in [1.29, 1.82) is 0 Å². The number of ether oxygens (including phenoxy) is 2. The molecule has 0 saturated heterocycles. The number of carbonyl (C=O) groups is 1. The first-order valence-electron chi connectivity index (χ1n) is 7.95. The maximum absolute atomic E-state index is 12.2. The standard InChI is InChI=1S/C18H22N2O4/c1-18(2,11-20-17(21)12-7-14(9-19)24-10-12)13-3-4-15-16(8-13)23-6-5-22-15/h3-4,7-8,10H,5-6,9,11,19H2,1-2H3,(H,20,21). The Hall–Kier alpha value is -2.47. The third-order valence-corrected chi connectivity index (χ3v) is 4.13. The highest BCUT2D eigenvalue weighted by molar-refractivity contribution is 5.94. The van der Waals surface area contributed by atoms with Crippen molar-refractivity contribution < 1.29 is 18.7 Å². The molecule has 1 amide bonds. The van der Waals surface area contributed by atoms with Gasteiger partial charge in [0.2, 0.25) is 0 Å². The Kier molecular flexibility index (Phi) is 4.49. The topological polar surface area (TPSA) is 86.7 Å². The van der Waals surface area contributed by atoms with E-state index >= 15 is 0 Å². The van der Waals surface area contributed by atoms with Crippen molar-refractivity contribution in [2.24, 2.45) is 5.73 Å². The third kappa shape index (κ3) is 3.38. The fraction of sp³-hybridized carbons (Fsp3) is 0.389. The van der Waals surface area contributed by atoms with Crippen molar-refractivity contribution in [3.63, 3.8) is 0 Å². The van der Waals surface area contributed by atoms with Crippen molar-refractivity contribution in [2.75, 3.05) is 19.8 Å². The molecule has 1 aliphatic rings. The van der Waals surface area contributed by atoms with Gasteiger partial charge in [0.15, 0.2) is 11.5 Å². The van der Waals surface area contributed by atoms with Gasteiger partial charge in [0.05, 0.1) is 12.1 Å². The summed E-state index contributed by atoms with van der Waals surface area (Å²) in [5.74, 6) is 1.92. The molecule has 1 aromatic heterocycles. The molecule has 0 atom stereocenters. The van der Waals surface area contributed by atoms with Crippen LogP contribution in [0, 0.1) is 0 Å². The Labute approximate surface area is 140 Å². The lowest BCUT2D eigenvalue weighted by atomic mass is 9.84. The molecule has 0 unspecified atom stereocenters. The fourth-order valence-corrected chi connectivity index (χ4v) is 2.58. The van der Waals surface area contributed by atoms with Gasteiger partial charge in [0.25, 0.3) is 5.91 Å². The monoisotopic (exact) mass is 330 g/mol. The van der Waals surface area contributed by atoms with E-state index in [9.17, 15) is 4.79 Å². The average molecular weight is 330 g/mol. The minimum atomic E-state index is -0.258. The van der Waals surface area contributed by atoms with E-state index in [0.29, 0.717) is 31.1 Å². The van der Waals surface area contributed by atoms with Crippen molar-refractivity contribution in [1.82, 2.24) is 5.32 Å². The number of nitrogens with one attached hydrogen (secondary N) is 1. The first-order valence-corrected chi connectivity index (χ1v) is 7.95. The summed E-state index contributed by atoms with van der Waals surface area (Å²) in [7, 11) is 0. The second-order valence-corrected chi connectivity index (χ2v) is 6.43. The molecule has 1 aliphatic heterocycles. The first-order chi connectivity index (χ1) is 11.5. The zero-order valence-electron chi connectivity index (χ0n) is 13.9. The predicted molar refractivity (Wildman–Crippen MR) is 89.4 cm³/mol. The van der Waals surface area contributed by atoms with Gasteiger partial charge in [0.1, 0.15) is 25.2 Å². The molecular formula is C18H22N2O4. The van der Waals surface area contributed by atoms with Crippen LogP contribution in [0.25, 0.3) is 0 Å². The SMILES string of the molecule is CC(C)(CNC(=O)c1coc(CN)c1)c1ccc2c(c1)OCCO2. The van der Waals surface area contributed by atoms with E-state index in [1.54, 1.807) is 6.07 Å². The van der Waals surface area contributed by atoms with Crippen LogP contribution in [0.3, 0.4) is 0 Å². The number of amides is 1. The van der Waals surface area contributed by atoms with E-state index in [1.807, 2.05) is 18.2 Å². The number of hydrogen-bond donors (Lipinski definition) is 2. The predicted octanol–water partition coefficient (Wildman–Crippen LogP) is 2.22. The molecule has 0 aliphatic carbocycles. The van der Waals surface area contributed by atoms with E-state index in [4.69, 9.17) is 19.6 Å². The van der Waals surface area contributed by atoms with Crippen LogP contribution in [0.5, 0.6) is 11.5 Å². The quantitative estimate of drug-likeness (QED) is 0.878. The molecule has 6 nitrogen and oxygen atoms in total. The molecule has 1 aromatic carbocycles. The second kappa shape index (κ2) is 6.57. The van der Waals surface area contributed by atoms with Gasteiger partial charge < -0.3 is 24.9 Å². The van der Waals surface area contributed by atoms with Gasteiger partial charge in [-0.1, -0.05) is 19.9 Å². The molecule has 6 heteroatoms. The summed E-state index contributed by atoms with van der Waals surface area (Å²) in [5, 5.41) is 2.94. The maximum Gasteiger partial charge on any atom is 0.254 e. The van der Waals surface area contributed by atoms with Gasteiger partial charge in [-0.25, -0.2) is 0 Å². The summed E-state index contributed by atoms with van der Waals surface area (Å²) in [4.78, 5) is 12.2. The Morgan fingerprint density at radius 2 is 1.96 bits per heavy atom. The zero-order chi connectivity index (χ0) is 17.2. The first kappa shape index (κ1) is 16.4. The summed E-state index contributed by atoms with van der Waals surface area (Å²) in [6.45, 7) is 6.02. The van der Waals surface area contributed by atoms with Gasteiger partial charge >= 0.3 is 0 Å². The van der Waals surface area contributed by atoms with Gasteiger partial charge in [-0.3, -0.25) is 4.79 Å². The summed E-state index contributed by atoms with van der Waals surface area (Å²) < 4.78 is 16.4. The lowest BCUT2D eigenvalue weighted by molar-refractivity contribution is 0.0945. The Morgan fingerprint density at radius 3 is 2.67 bits per heavy atom. The van der Waals surface area contributed by atoms with Crippen LogP contribution in [0.15, 0.2) is 34.9 Å². The maximum atomic E-state index is 12.2. The molecule has 0 fully saturated rings. The molecule has 0 radical (unpaired) electrons. The van der Waals surface area contributed by atoms with Crippen LogP contribution in [-0.2, 0) is 12.0 Å². The van der Waals surface area contributed by atoms with E-state index in [2.05, 4.69) is 19.2 Å². The number of rotatable bonds is 5. The van der Waals surface area contributed by atoms with Crippen LogP contribution < -0.4 is 20.5 Å². The highest BCUT2D eigenvalue weighted by Crippen LogP contribution is 2.34. The molecule has 2 heterocycles. The van der Waals surface area contributed by atoms with Crippen LogP contribution in [0.4, 0.5) is 0 Å². The van der Waals surface area contributed by atoms with Gasteiger partial charge in [-0.15, -0.1) is 0 Å². The molecular weight excluding hydrogens is 308 g/mol. The summed E-state index contributed by atoms with van der Waals surface area (Å²) in [6.07, 6.45) is 1.43. The highest BCUT2D eigenvalue weighted by atomic mass is 16.6. The number of fused-ring (bicyclic) bond motifs is 1. The minimum Gasteiger partial charge on any atom is -0.486 e. The number of carbonyl (C=O) groups excluding carboxylic acids is 1. The summed E-state index contributed by atoms with van der Waals surface area (Å²) in [6, 6.07) is 7.55. The highest BCUT2D eigenvalue weighted by Gasteiger charge is 2.24. The van der Waals surface area contributed by atoms with E-state index in [-0.39, 0.29) is 17.9 Å². The van der Waals surface area contributed by atoms with Gasteiger partial charge in [-0.05, 0) is 23.8 Å². The van der Waals surface area contributed by atoms with Crippen molar-refractivity contribution in [3.05, 3.63) is 47.4 Å². The molecule has 0 spiro atoms. The van der Waals surface area contributed by atoms with E-state index < -0.39 is 0 Å². The Morgan fingerprint density at radius 1 is 1.21 bits per heavy atom. The molecule has 2 aromatic rings. The van der Waals surface area contributed by atoms with Crippen molar-refractivity contribution in [2.45, 2.75) is 25.8 Å². The van der Waals surface area contributed by atoms with Crippen molar-refractivity contribution >= 4 is 5.91 Å². The molecule has 3 rings (SSSR count). The molecule has 0 bridgehead atoms. The summed E-state index contributed by atoms with van der Waals surface area (Å²) >= 11 is 0. The van der Waals surface area contributed by atoms with Crippen LogP contribution in [0.1, 0.15) is 35.5 Å². The fourth-order valence-electron chi connectivity index (χ4n) is 2.58. The average Bonchev–Trinajstić information content (AvgIpc) is 3.08. The molecule has 24 heavy (non-hydrogen) atoms. The minimum absolute atomic E-state index is 0.177.